The van der Waals surface area contributed by atoms with Crippen LogP contribution in [0.5, 0.6) is 0 Å². The van der Waals surface area contributed by atoms with Gasteiger partial charge in [0, 0.05) is 5.92 Å². The molecule has 0 aliphatic carbocycles. The van der Waals surface area contributed by atoms with E-state index in [-0.39, 0.29) is 11.7 Å². The summed E-state index contributed by atoms with van der Waals surface area (Å²) in [5, 5.41) is 0. The molecular formula is C10H19FO. The highest BCUT2D eigenvalue weighted by Gasteiger charge is 2.20. The smallest absolute Gasteiger partial charge is 0.169 e. The number of rotatable bonds is 6. The third kappa shape index (κ3) is 3.84. The summed E-state index contributed by atoms with van der Waals surface area (Å²) in [6.07, 6.45) is 2.43. The largest absolute Gasteiger partial charge is 0.296 e. The Labute approximate surface area is 74.4 Å². The zero-order chi connectivity index (χ0) is 9.56. The number of unbranched alkanes of at least 4 members (excludes halogenated alkanes) is 1. The van der Waals surface area contributed by atoms with Gasteiger partial charge in [0.05, 0.1) is 0 Å². The summed E-state index contributed by atoms with van der Waals surface area (Å²) < 4.78 is 12.6. The van der Waals surface area contributed by atoms with E-state index in [1.807, 2.05) is 6.92 Å². The van der Waals surface area contributed by atoms with Gasteiger partial charge in [-0.15, -0.1) is 0 Å². The number of carbonyl (C=O) groups excluding carboxylic acids is 1. The first-order valence-corrected chi connectivity index (χ1v) is 4.81. The molecule has 2 heteroatoms. The molecule has 0 radical (unpaired) electrons. The molecule has 0 aliphatic rings. The highest BCUT2D eigenvalue weighted by atomic mass is 19.1. The molecule has 0 rings (SSSR count). The van der Waals surface area contributed by atoms with Gasteiger partial charge >= 0.3 is 0 Å². The predicted molar refractivity (Wildman–Crippen MR) is 48.9 cm³/mol. The third-order valence-corrected chi connectivity index (χ3v) is 2.19. The van der Waals surface area contributed by atoms with Crippen LogP contribution < -0.4 is 0 Å². The van der Waals surface area contributed by atoms with Crippen LogP contribution in [0.1, 0.15) is 46.5 Å². The lowest BCUT2D eigenvalue weighted by Gasteiger charge is -2.13. The number of alkyl halides is 1. The molecule has 0 aliphatic heterocycles. The van der Waals surface area contributed by atoms with Crippen LogP contribution in [0.3, 0.4) is 0 Å². The maximum atomic E-state index is 12.6. The van der Waals surface area contributed by atoms with E-state index in [1.165, 1.54) is 6.92 Å². The fourth-order valence-corrected chi connectivity index (χ4v) is 1.32. The Morgan fingerprint density at radius 3 is 2.33 bits per heavy atom. The van der Waals surface area contributed by atoms with E-state index in [2.05, 4.69) is 6.92 Å². The van der Waals surface area contributed by atoms with E-state index < -0.39 is 6.17 Å². The van der Waals surface area contributed by atoms with Gasteiger partial charge in [0.1, 0.15) is 0 Å². The van der Waals surface area contributed by atoms with Gasteiger partial charge in [-0.05, 0) is 19.8 Å². The Bertz CT molecular complexity index is 132. The van der Waals surface area contributed by atoms with Crippen LogP contribution >= 0.6 is 0 Å². The van der Waals surface area contributed by atoms with Gasteiger partial charge in [-0.3, -0.25) is 4.79 Å². The summed E-state index contributed by atoms with van der Waals surface area (Å²) in [5.74, 6) is -0.268. The SMILES string of the molecule is CCCCC(CC)C(=O)C(C)F. The van der Waals surface area contributed by atoms with Crippen LogP contribution in [0.15, 0.2) is 0 Å². The molecule has 0 saturated carbocycles. The first-order valence-electron chi connectivity index (χ1n) is 4.81. The highest BCUT2D eigenvalue weighted by Crippen LogP contribution is 2.16. The van der Waals surface area contributed by atoms with Gasteiger partial charge in [0.2, 0.25) is 0 Å². The van der Waals surface area contributed by atoms with E-state index in [0.29, 0.717) is 0 Å². The van der Waals surface area contributed by atoms with Crippen molar-refractivity contribution in [3.05, 3.63) is 0 Å². The summed E-state index contributed by atoms with van der Waals surface area (Å²) in [6.45, 7) is 5.35. The topological polar surface area (TPSA) is 17.1 Å². The van der Waals surface area contributed by atoms with Crippen LogP contribution in [-0.4, -0.2) is 12.0 Å². The average molecular weight is 174 g/mol. The van der Waals surface area contributed by atoms with Gasteiger partial charge in [-0.25, -0.2) is 4.39 Å². The molecule has 2 unspecified atom stereocenters. The molecule has 0 heterocycles. The molecule has 12 heavy (non-hydrogen) atoms. The van der Waals surface area contributed by atoms with E-state index in [0.717, 1.165) is 25.7 Å². The molecule has 0 aromatic carbocycles. The Balaban J connectivity index is 3.88. The molecule has 0 spiro atoms. The van der Waals surface area contributed by atoms with Crippen LogP contribution in [0.4, 0.5) is 4.39 Å². The van der Waals surface area contributed by atoms with Crippen LogP contribution in [0.2, 0.25) is 0 Å². The Hall–Kier alpha value is -0.400. The van der Waals surface area contributed by atoms with Crippen molar-refractivity contribution in [3.63, 3.8) is 0 Å². The van der Waals surface area contributed by atoms with Gasteiger partial charge < -0.3 is 0 Å². The van der Waals surface area contributed by atoms with E-state index in [9.17, 15) is 9.18 Å². The molecule has 2 atom stereocenters. The second-order valence-electron chi connectivity index (χ2n) is 3.27. The van der Waals surface area contributed by atoms with Crippen molar-refractivity contribution in [3.8, 4) is 0 Å². The first kappa shape index (κ1) is 11.6. The van der Waals surface area contributed by atoms with Gasteiger partial charge in [-0.2, -0.15) is 0 Å². The van der Waals surface area contributed by atoms with Gasteiger partial charge in [0.15, 0.2) is 12.0 Å². The zero-order valence-electron chi connectivity index (χ0n) is 8.27. The second-order valence-corrected chi connectivity index (χ2v) is 3.27. The fourth-order valence-electron chi connectivity index (χ4n) is 1.32. The number of hydrogen-bond acceptors (Lipinski definition) is 1. The molecule has 0 N–H and O–H groups in total. The maximum Gasteiger partial charge on any atom is 0.169 e. The van der Waals surface area contributed by atoms with Crippen molar-refractivity contribution in [1.82, 2.24) is 0 Å². The minimum Gasteiger partial charge on any atom is -0.296 e. The average Bonchev–Trinajstić information content (AvgIpc) is 2.05. The molecule has 0 fully saturated rings. The summed E-state index contributed by atoms with van der Waals surface area (Å²) in [7, 11) is 0. The van der Waals surface area contributed by atoms with E-state index in [4.69, 9.17) is 0 Å². The number of ketones is 1. The molecule has 0 saturated heterocycles. The van der Waals surface area contributed by atoms with Crippen molar-refractivity contribution in [2.45, 2.75) is 52.6 Å². The maximum absolute atomic E-state index is 12.6. The van der Waals surface area contributed by atoms with Crippen LogP contribution in [0.25, 0.3) is 0 Å². The van der Waals surface area contributed by atoms with Crippen LogP contribution in [-0.2, 0) is 4.79 Å². The fraction of sp³-hybridized carbons (Fsp3) is 0.900. The standard InChI is InChI=1S/C10H19FO/c1-4-6-7-9(5-2)10(12)8(3)11/h8-9H,4-7H2,1-3H3. The number of Topliss-reactive ketones (excluding diaryl/α,β-unsaturated/α-hetero) is 1. The monoisotopic (exact) mass is 174 g/mol. The molecule has 72 valence electrons. The van der Waals surface area contributed by atoms with Crippen molar-refractivity contribution < 1.29 is 9.18 Å². The summed E-state index contributed by atoms with van der Waals surface area (Å²) in [4.78, 5) is 11.2. The Kier molecular flexibility index (Phi) is 5.95. The summed E-state index contributed by atoms with van der Waals surface area (Å²) in [5.41, 5.74) is 0. The highest BCUT2D eigenvalue weighted by molar-refractivity contribution is 5.84. The molecule has 0 bridgehead atoms. The van der Waals surface area contributed by atoms with Crippen LogP contribution in [0, 0.1) is 5.92 Å². The summed E-state index contributed by atoms with van der Waals surface area (Å²) >= 11 is 0. The lowest BCUT2D eigenvalue weighted by Crippen LogP contribution is -2.22. The van der Waals surface area contributed by atoms with Crippen molar-refractivity contribution in [1.29, 1.82) is 0 Å². The summed E-state index contributed by atoms with van der Waals surface area (Å²) in [6, 6.07) is 0. The minimum absolute atomic E-state index is 0.0510. The number of carbonyl (C=O) groups is 1. The second kappa shape index (κ2) is 6.15. The quantitative estimate of drug-likeness (QED) is 0.604. The lowest BCUT2D eigenvalue weighted by molar-refractivity contribution is -0.127. The van der Waals surface area contributed by atoms with Gasteiger partial charge in [-0.1, -0.05) is 26.7 Å². The molecule has 1 nitrogen and oxygen atoms in total. The first-order chi connectivity index (χ1) is 5.63. The normalized spacial score (nSPS) is 15.7. The molecule has 0 aromatic rings. The van der Waals surface area contributed by atoms with Gasteiger partial charge in [0.25, 0.3) is 0 Å². The molecule has 0 aromatic heterocycles. The minimum atomic E-state index is -1.29. The third-order valence-electron chi connectivity index (χ3n) is 2.19. The molecule has 0 amide bonds. The van der Waals surface area contributed by atoms with Crippen molar-refractivity contribution in [2.75, 3.05) is 0 Å². The predicted octanol–water partition coefficient (Wildman–Crippen LogP) is 3.13. The zero-order valence-corrected chi connectivity index (χ0v) is 8.27. The Morgan fingerprint density at radius 1 is 1.42 bits per heavy atom. The molecular weight excluding hydrogens is 155 g/mol. The van der Waals surface area contributed by atoms with E-state index >= 15 is 0 Å². The number of hydrogen-bond donors (Lipinski definition) is 0. The Morgan fingerprint density at radius 2 is 2.00 bits per heavy atom. The van der Waals surface area contributed by atoms with Crippen molar-refractivity contribution in [2.24, 2.45) is 5.92 Å². The van der Waals surface area contributed by atoms with E-state index in [1.54, 1.807) is 0 Å². The number of halogens is 1. The lowest BCUT2D eigenvalue weighted by atomic mass is 9.93. The van der Waals surface area contributed by atoms with Crippen molar-refractivity contribution >= 4 is 5.78 Å².